The van der Waals surface area contributed by atoms with E-state index in [0.29, 0.717) is 17.9 Å². The first-order chi connectivity index (χ1) is 12.7. The third-order valence-electron chi connectivity index (χ3n) is 3.72. The Kier molecular flexibility index (Phi) is 5.49. The van der Waals surface area contributed by atoms with Crippen molar-refractivity contribution in [3.63, 3.8) is 0 Å². The SMILES string of the molecule is CCOc1ccccc1Nc1ccc(NC(=O)c2ccc(F)cc2)cc1. The van der Waals surface area contributed by atoms with Crippen molar-refractivity contribution in [1.82, 2.24) is 0 Å². The number of benzene rings is 3. The van der Waals surface area contributed by atoms with E-state index in [0.717, 1.165) is 17.1 Å². The van der Waals surface area contributed by atoms with Crippen LogP contribution in [0.3, 0.4) is 0 Å². The van der Waals surface area contributed by atoms with Crippen LogP contribution in [0.2, 0.25) is 0 Å². The van der Waals surface area contributed by atoms with Gasteiger partial charge in [-0.05, 0) is 67.6 Å². The van der Waals surface area contributed by atoms with Crippen LogP contribution in [0.15, 0.2) is 72.8 Å². The number of para-hydroxylation sites is 2. The maximum atomic E-state index is 12.9. The summed E-state index contributed by atoms with van der Waals surface area (Å²) in [4.78, 5) is 12.2. The van der Waals surface area contributed by atoms with E-state index in [1.807, 2.05) is 43.3 Å². The zero-order valence-electron chi connectivity index (χ0n) is 14.3. The summed E-state index contributed by atoms with van der Waals surface area (Å²) in [5, 5.41) is 6.08. The van der Waals surface area contributed by atoms with E-state index in [-0.39, 0.29) is 11.7 Å². The van der Waals surface area contributed by atoms with Gasteiger partial charge in [-0.1, -0.05) is 12.1 Å². The molecular formula is C21H19FN2O2. The van der Waals surface area contributed by atoms with Crippen LogP contribution >= 0.6 is 0 Å². The van der Waals surface area contributed by atoms with Crippen LogP contribution in [0.25, 0.3) is 0 Å². The highest BCUT2D eigenvalue weighted by Crippen LogP contribution is 2.28. The normalized spacial score (nSPS) is 10.2. The van der Waals surface area contributed by atoms with E-state index in [1.165, 1.54) is 24.3 Å². The molecule has 0 unspecified atom stereocenters. The van der Waals surface area contributed by atoms with Crippen LogP contribution < -0.4 is 15.4 Å². The fourth-order valence-corrected chi connectivity index (χ4v) is 2.45. The van der Waals surface area contributed by atoms with Crippen molar-refractivity contribution in [2.45, 2.75) is 6.92 Å². The summed E-state index contributed by atoms with van der Waals surface area (Å²) >= 11 is 0. The van der Waals surface area contributed by atoms with Crippen LogP contribution in [-0.2, 0) is 0 Å². The van der Waals surface area contributed by atoms with Crippen molar-refractivity contribution in [3.8, 4) is 5.75 Å². The average Bonchev–Trinajstić information content (AvgIpc) is 2.65. The maximum absolute atomic E-state index is 12.9. The molecule has 0 atom stereocenters. The van der Waals surface area contributed by atoms with Crippen LogP contribution in [0.5, 0.6) is 5.75 Å². The molecule has 0 saturated carbocycles. The van der Waals surface area contributed by atoms with Crippen molar-refractivity contribution in [1.29, 1.82) is 0 Å². The highest BCUT2D eigenvalue weighted by atomic mass is 19.1. The molecule has 0 heterocycles. The number of hydrogen-bond acceptors (Lipinski definition) is 3. The Morgan fingerprint density at radius 1 is 0.923 bits per heavy atom. The molecule has 0 aliphatic heterocycles. The first-order valence-corrected chi connectivity index (χ1v) is 8.31. The maximum Gasteiger partial charge on any atom is 0.255 e. The number of rotatable bonds is 6. The fourth-order valence-electron chi connectivity index (χ4n) is 2.45. The molecule has 3 rings (SSSR count). The summed E-state index contributed by atoms with van der Waals surface area (Å²) < 4.78 is 18.5. The molecule has 132 valence electrons. The molecule has 26 heavy (non-hydrogen) atoms. The topological polar surface area (TPSA) is 50.4 Å². The van der Waals surface area contributed by atoms with E-state index >= 15 is 0 Å². The van der Waals surface area contributed by atoms with Gasteiger partial charge in [0.2, 0.25) is 0 Å². The zero-order valence-corrected chi connectivity index (χ0v) is 14.3. The number of anilines is 3. The molecule has 3 aromatic rings. The molecule has 0 aliphatic carbocycles. The first-order valence-electron chi connectivity index (χ1n) is 8.31. The van der Waals surface area contributed by atoms with Crippen LogP contribution in [0, 0.1) is 5.82 Å². The van der Waals surface area contributed by atoms with Gasteiger partial charge >= 0.3 is 0 Å². The Bertz CT molecular complexity index is 877. The minimum atomic E-state index is -0.371. The summed E-state index contributed by atoms with van der Waals surface area (Å²) in [5.74, 6) is 0.125. The van der Waals surface area contributed by atoms with E-state index in [2.05, 4.69) is 10.6 Å². The minimum Gasteiger partial charge on any atom is -0.492 e. The molecule has 1 amide bonds. The molecule has 2 N–H and O–H groups in total. The number of hydrogen-bond donors (Lipinski definition) is 2. The molecule has 0 bridgehead atoms. The first kappa shape index (κ1) is 17.5. The molecule has 3 aromatic carbocycles. The number of amides is 1. The summed E-state index contributed by atoms with van der Waals surface area (Å²) in [6, 6.07) is 20.4. The summed E-state index contributed by atoms with van der Waals surface area (Å²) in [5.41, 5.74) is 2.80. The number of carbonyl (C=O) groups excluding carboxylic acids is 1. The number of halogens is 1. The Balaban J connectivity index is 1.67. The second-order valence-corrected chi connectivity index (χ2v) is 5.59. The number of nitrogens with one attached hydrogen (secondary N) is 2. The quantitative estimate of drug-likeness (QED) is 0.641. The van der Waals surface area contributed by atoms with Crippen molar-refractivity contribution in [2.75, 3.05) is 17.2 Å². The standard InChI is InChI=1S/C21H19FN2O2/c1-2-26-20-6-4-3-5-19(20)23-17-11-13-18(14-12-17)24-21(25)15-7-9-16(22)10-8-15/h3-14,23H,2H2,1H3,(H,24,25). The van der Waals surface area contributed by atoms with Gasteiger partial charge in [0.1, 0.15) is 11.6 Å². The van der Waals surface area contributed by atoms with Crippen LogP contribution in [0.4, 0.5) is 21.5 Å². The Labute approximate surface area is 151 Å². The molecule has 4 nitrogen and oxygen atoms in total. The lowest BCUT2D eigenvalue weighted by Gasteiger charge is -2.13. The zero-order chi connectivity index (χ0) is 18.4. The van der Waals surface area contributed by atoms with E-state index < -0.39 is 0 Å². The summed E-state index contributed by atoms with van der Waals surface area (Å²) in [6.07, 6.45) is 0. The molecule has 5 heteroatoms. The van der Waals surface area contributed by atoms with Crippen molar-refractivity contribution < 1.29 is 13.9 Å². The van der Waals surface area contributed by atoms with Crippen molar-refractivity contribution >= 4 is 23.0 Å². The predicted octanol–water partition coefficient (Wildman–Crippen LogP) is 5.22. The van der Waals surface area contributed by atoms with Crippen molar-refractivity contribution in [3.05, 3.63) is 84.2 Å². The van der Waals surface area contributed by atoms with Gasteiger partial charge in [0.05, 0.1) is 12.3 Å². The fraction of sp³-hybridized carbons (Fsp3) is 0.0952. The molecule has 0 aromatic heterocycles. The lowest BCUT2D eigenvalue weighted by Crippen LogP contribution is -2.11. The second-order valence-electron chi connectivity index (χ2n) is 5.59. The van der Waals surface area contributed by atoms with E-state index in [4.69, 9.17) is 4.74 Å². The van der Waals surface area contributed by atoms with Gasteiger partial charge in [0, 0.05) is 16.9 Å². The second kappa shape index (κ2) is 8.16. The van der Waals surface area contributed by atoms with E-state index in [1.54, 1.807) is 12.1 Å². The van der Waals surface area contributed by atoms with Crippen molar-refractivity contribution in [2.24, 2.45) is 0 Å². The molecule has 0 saturated heterocycles. The Morgan fingerprint density at radius 2 is 1.58 bits per heavy atom. The minimum absolute atomic E-state index is 0.285. The molecular weight excluding hydrogens is 331 g/mol. The average molecular weight is 350 g/mol. The van der Waals surface area contributed by atoms with Gasteiger partial charge in [-0.2, -0.15) is 0 Å². The van der Waals surface area contributed by atoms with Crippen LogP contribution in [0.1, 0.15) is 17.3 Å². The van der Waals surface area contributed by atoms with Gasteiger partial charge in [0.15, 0.2) is 0 Å². The highest BCUT2D eigenvalue weighted by Gasteiger charge is 2.07. The van der Waals surface area contributed by atoms with Gasteiger partial charge in [-0.15, -0.1) is 0 Å². The van der Waals surface area contributed by atoms with Gasteiger partial charge in [0.25, 0.3) is 5.91 Å². The summed E-state index contributed by atoms with van der Waals surface area (Å²) in [6.45, 7) is 2.53. The van der Waals surface area contributed by atoms with Gasteiger partial charge < -0.3 is 15.4 Å². The highest BCUT2D eigenvalue weighted by molar-refractivity contribution is 6.04. The van der Waals surface area contributed by atoms with E-state index in [9.17, 15) is 9.18 Å². The lowest BCUT2D eigenvalue weighted by molar-refractivity contribution is 0.102. The third-order valence-corrected chi connectivity index (χ3v) is 3.72. The Morgan fingerprint density at radius 3 is 2.27 bits per heavy atom. The Hall–Kier alpha value is -3.34. The molecule has 0 spiro atoms. The van der Waals surface area contributed by atoms with Gasteiger partial charge in [-0.3, -0.25) is 4.79 Å². The molecule has 0 radical (unpaired) electrons. The third kappa shape index (κ3) is 4.39. The lowest BCUT2D eigenvalue weighted by atomic mass is 10.2. The molecule has 0 fully saturated rings. The van der Waals surface area contributed by atoms with Gasteiger partial charge in [-0.25, -0.2) is 4.39 Å². The summed E-state index contributed by atoms with van der Waals surface area (Å²) in [7, 11) is 0. The van der Waals surface area contributed by atoms with Crippen LogP contribution in [-0.4, -0.2) is 12.5 Å². The monoisotopic (exact) mass is 350 g/mol. The molecule has 0 aliphatic rings. The smallest absolute Gasteiger partial charge is 0.255 e. The largest absolute Gasteiger partial charge is 0.492 e. The number of carbonyl (C=O) groups is 1. The predicted molar refractivity (Wildman–Crippen MR) is 102 cm³/mol. The number of ether oxygens (including phenoxy) is 1.